The number of carbonyl (C=O) groups is 1. The third-order valence-electron chi connectivity index (χ3n) is 7.41. The van der Waals surface area contributed by atoms with Crippen molar-refractivity contribution in [2.75, 3.05) is 31.6 Å². The van der Waals surface area contributed by atoms with Gasteiger partial charge in [0.15, 0.2) is 0 Å². The lowest BCUT2D eigenvalue weighted by Crippen LogP contribution is -2.26. The first kappa shape index (κ1) is 27.7. The highest BCUT2D eigenvalue weighted by molar-refractivity contribution is 6.36. The second-order valence-electron chi connectivity index (χ2n) is 10.3. The van der Waals surface area contributed by atoms with Crippen molar-refractivity contribution < 1.29 is 13.9 Å². The lowest BCUT2D eigenvalue weighted by atomic mass is 9.87. The summed E-state index contributed by atoms with van der Waals surface area (Å²) in [4.78, 5) is 13.9. The molecule has 0 aromatic heterocycles. The maximum atomic E-state index is 12.6. The maximum absolute atomic E-state index is 12.6. The highest BCUT2D eigenvalue weighted by Gasteiger charge is 2.25. The smallest absolute Gasteiger partial charge is 0.221 e. The summed E-state index contributed by atoms with van der Waals surface area (Å²) < 4.78 is 18.8. The van der Waals surface area contributed by atoms with Gasteiger partial charge in [0.2, 0.25) is 5.91 Å². The topological polar surface area (TPSA) is 41.6 Å². The zero-order valence-electron chi connectivity index (χ0n) is 22.1. The number of fused-ring (bicyclic) bond motifs is 1. The molecule has 3 aromatic carbocycles. The van der Waals surface area contributed by atoms with Gasteiger partial charge in [-0.05, 0) is 102 Å². The van der Waals surface area contributed by atoms with Crippen molar-refractivity contribution in [1.29, 1.82) is 0 Å². The molecule has 0 spiro atoms. The average molecular weight is 568 g/mol. The van der Waals surface area contributed by atoms with Gasteiger partial charge < -0.3 is 10.1 Å². The summed E-state index contributed by atoms with van der Waals surface area (Å²) in [6.07, 6.45) is 4.34. The van der Waals surface area contributed by atoms with Gasteiger partial charge in [0, 0.05) is 42.3 Å². The fourth-order valence-electron chi connectivity index (χ4n) is 5.67. The van der Waals surface area contributed by atoms with Gasteiger partial charge in [0.1, 0.15) is 11.9 Å². The Morgan fingerprint density at radius 1 is 1.05 bits per heavy atom. The van der Waals surface area contributed by atoms with Crippen LogP contribution >= 0.6 is 23.2 Å². The van der Waals surface area contributed by atoms with Crippen LogP contribution in [0.2, 0.25) is 10.0 Å². The normalized spacial score (nSPS) is 17.6. The lowest BCUT2D eigenvalue weighted by molar-refractivity contribution is -0.114. The van der Waals surface area contributed by atoms with E-state index in [1.165, 1.54) is 18.1 Å². The predicted molar refractivity (Wildman–Crippen MR) is 159 cm³/mol. The molecule has 0 radical (unpaired) electrons. The number of carbonyl (C=O) groups excluding carboxylic acids is 1. The Morgan fingerprint density at radius 2 is 1.85 bits per heavy atom. The zero-order chi connectivity index (χ0) is 27.4. The van der Waals surface area contributed by atoms with E-state index < -0.39 is 0 Å². The first-order chi connectivity index (χ1) is 18.9. The van der Waals surface area contributed by atoms with Crippen molar-refractivity contribution in [3.63, 3.8) is 0 Å². The number of benzene rings is 3. The van der Waals surface area contributed by atoms with E-state index in [2.05, 4.69) is 34.5 Å². The Bertz CT molecular complexity index is 1370. The summed E-state index contributed by atoms with van der Waals surface area (Å²) in [5.41, 5.74) is 7.49. The number of alkyl halides is 1. The molecular formula is C32H33Cl2FN2O2. The van der Waals surface area contributed by atoms with Crippen molar-refractivity contribution >= 4 is 45.9 Å². The van der Waals surface area contributed by atoms with Crippen LogP contribution in [0.25, 0.3) is 11.1 Å². The third-order valence-corrected chi connectivity index (χ3v) is 7.96. The number of rotatable bonds is 8. The number of allylic oxidation sites excluding steroid dienone is 1. The predicted octanol–water partition coefficient (Wildman–Crippen LogP) is 8.06. The summed E-state index contributed by atoms with van der Waals surface area (Å²) in [5, 5.41) is 4.15. The molecule has 0 bridgehead atoms. The molecular weight excluding hydrogens is 534 g/mol. The van der Waals surface area contributed by atoms with Gasteiger partial charge in [0.05, 0.1) is 6.67 Å². The number of likely N-dealkylation sites (tertiary alicyclic amines) is 1. The highest BCUT2D eigenvalue weighted by Crippen LogP contribution is 2.43. The molecule has 5 rings (SSSR count). The van der Waals surface area contributed by atoms with Crippen molar-refractivity contribution in [3.8, 4) is 5.75 Å². The van der Waals surface area contributed by atoms with Gasteiger partial charge in [0.25, 0.3) is 0 Å². The Balaban J connectivity index is 1.50. The Labute approximate surface area is 239 Å². The Hall–Kier alpha value is -2.86. The van der Waals surface area contributed by atoms with Gasteiger partial charge in [-0.15, -0.1) is 0 Å². The minimum absolute atomic E-state index is 0.0867. The van der Waals surface area contributed by atoms with Gasteiger partial charge >= 0.3 is 0 Å². The molecule has 7 heteroatoms. The van der Waals surface area contributed by atoms with Crippen molar-refractivity contribution in [2.24, 2.45) is 0 Å². The number of hydrogen-bond donors (Lipinski definition) is 1. The van der Waals surface area contributed by atoms with E-state index in [4.69, 9.17) is 27.9 Å². The summed E-state index contributed by atoms with van der Waals surface area (Å²) >= 11 is 13.0. The molecule has 1 aliphatic heterocycles. The van der Waals surface area contributed by atoms with Crippen LogP contribution < -0.4 is 10.1 Å². The number of aryl methyl sites for hydroxylation is 1. The maximum Gasteiger partial charge on any atom is 0.221 e. The van der Waals surface area contributed by atoms with Gasteiger partial charge in [-0.2, -0.15) is 0 Å². The van der Waals surface area contributed by atoms with Crippen LogP contribution in [0.4, 0.5) is 10.1 Å². The van der Waals surface area contributed by atoms with Crippen LogP contribution in [0.5, 0.6) is 5.75 Å². The zero-order valence-corrected chi connectivity index (χ0v) is 23.6. The monoisotopic (exact) mass is 566 g/mol. The first-order valence-electron chi connectivity index (χ1n) is 13.6. The van der Waals surface area contributed by atoms with Crippen molar-refractivity contribution in [2.45, 2.75) is 45.1 Å². The van der Waals surface area contributed by atoms with Crippen LogP contribution in [0.3, 0.4) is 0 Å². The van der Waals surface area contributed by atoms with Crippen molar-refractivity contribution in [3.05, 3.63) is 93.0 Å². The van der Waals surface area contributed by atoms with E-state index in [1.807, 2.05) is 30.3 Å². The largest absolute Gasteiger partial charge is 0.489 e. The summed E-state index contributed by atoms with van der Waals surface area (Å²) in [7, 11) is 0. The summed E-state index contributed by atoms with van der Waals surface area (Å²) in [6, 6.07) is 20.1. The molecule has 1 fully saturated rings. The van der Waals surface area contributed by atoms with E-state index in [-0.39, 0.29) is 18.7 Å². The highest BCUT2D eigenvalue weighted by atomic mass is 35.5. The van der Waals surface area contributed by atoms with E-state index >= 15 is 0 Å². The number of amides is 1. The van der Waals surface area contributed by atoms with Crippen LogP contribution in [-0.4, -0.2) is 43.2 Å². The molecule has 1 atom stereocenters. The fraction of sp³-hybridized carbons (Fsp3) is 0.344. The SMILES string of the molecule is CC(=O)Nc1ccc2c(c1)CCCC(c1ccc(Cl)cc1Cl)=C2c1ccc(OC2CCN(CCCF)C2)cc1. The molecule has 1 saturated heterocycles. The van der Waals surface area contributed by atoms with E-state index in [0.29, 0.717) is 16.5 Å². The number of nitrogens with zero attached hydrogens (tertiary/aromatic N) is 1. The molecule has 1 N–H and O–H groups in total. The van der Waals surface area contributed by atoms with Crippen LogP contribution in [0, 0.1) is 0 Å². The second kappa shape index (κ2) is 12.5. The number of nitrogens with one attached hydrogen (secondary N) is 1. The van der Waals surface area contributed by atoms with Gasteiger partial charge in [-0.3, -0.25) is 14.1 Å². The van der Waals surface area contributed by atoms with Crippen LogP contribution in [-0.2, 0) is 11.2 Å². The Morgan fingerprint density at radius 3 is 2.59 bits per heavy atom. The minimum atomic E-state index is -0.278. The van der Waals surface area contributed by atoms with E-state index in [0.717, 1.165) is 79.0 Å². The summed E-state index contributed by atoms with van der Waals surface area (Å²) in [5.74, 6) is 0.744. The Kier molecular flexibility index (Phi) is 8.91. The number of anilines is 1. The molecule has 2 aliphatic rings. The average Bonchev–Trinajstić information content (AvgIpc) is 3.27. The first-order valence-corrected chi connectivity index (χ1v) is 14.3. The molecule has 0 saturated carbocycles. The minimum Gasteiger partial charge on any atom is -0.489 e. The molecule has 204 valence electrons. The number of halogens is 3. The van der Waals surface area contributed by atoms with E-state index in [1.54, 1.807) is 6.07 Å². The van der Waals surface area contributed by atoms with Crippen LogP contribution in [0.1, 0.15) is 54.9 Å². The molecule has 1 amide bonds. The third kappa shape index (κ3) is 6.66. The molecule has 39 heavy (non-hydrogen) atoms. The fourth-order valence-corrected chi connectivity index (χ4v) is 6.20. The summed E-state index contributed by atoms with van der Waals surface area (Å²) in [6.45, 7) is 3.80. The quantitative estimate of drug-likeness (QED) is 0.299. The van der Waals surface area contributed by atoms with Gasteiger partial charge in [-0.1, -0.05) is 47.5 Å². The molecule has 1 aliphatic carbocycles. The standard InChI is InChI=1S/C32H33Cl2FN2O2/c1-21(38)36-25-9-13-28-23(18-25)4-2-5-30(29-12-8-24(33)19-31(29)34)32(28)22-6-10-26(11-7-22)39-27-14-17-37(20-27)16-3-15-35/h6-13,18-19,27H,2-5,14-17,20H2,1H3,(H,36,38). The number of ether oxygens (including phenoxy) is 1. The van der Waals surface area contributed by atoms with E-state index in [9.17, 15) is 9.18 Å². The second-order valence-corrected chi connectivity index (χ2v) is 11.1. The molecule has 1 heterocycles. The number of hydrogen-bond acceptors (Lipinski definition) is 3. The van der Waals surface area contributed by atoms with Gasteiger partial charge in [-0.25, -0.2) is 0 Å². The lowest BCUT2D eigenvalue weighted by Gasteiger charge is -2.19. The molecule has 4 nitrogen and oxygen atoms in total. The molecule has 3 aromatic rings. The van der Waals surface area contributed by atoms with Crippen LogP contribution in [0.15, 0.2) is 60.7 Å². The molecule has 1 unspecified atom stereocenters. The van der Waals surface area contributed by atoms with Crippen molar-refractivity contribution in [1.82, 2.24) is 4.90 Å².